The first-order chi connectivity index (χ1) is 7.81. The molecule has 0 unspecified atom stereocenters. The molecule has 16 heavy (non-hydrogen) atoms. The van der Waals surface area contributed by atoms with Gasteiger partial charge in [-0.3, -0.25) is 0 Å². The lowest BCUT2D eigenvalue weighted by Gasteiger charge is -2.02. The summed E-state index contributed by atoms with van der Waals surface area (Å²) in [6.07, 6.45) is 0. The molecule has 0 heterocycles. The van der Waals surface area contributed by atoms with Gasteiger partial charge in [0.2, 0.25) is 0 Å². The summed E-state index contributed by atoms with van der Waals surface area (Å²) in [5.74, 6) is -0.312. The van der Waals surface area contributed by atoms with Crippen LogP contribution in [0.4, 0.5) is 0 Å². The van der Waals surface area contributed by atoms with Crippen molar-refractivity contribution in [2.75, 3.05) is 7.11 Å². The molecule has 0 aliphatic heterocycles. The van der Waals surface area contributed by atoms with E-state index < -0.39 is 0 Å². The predicted octanol–water partition coefficient (Wildman–Crippen LogP) is 2.94. The first kappa shape index (κ1) is 10.4. The zero-order chi connectivity index (χ0) is 11.4. The van der Waals surface area contributed by atoms with Gasteiger partial charge >= 0.3 is 5.97 Å². The number of benzene rings is 2. The van der Waals surface area contributed by atoms with Gasteiger partial charge in [0.25, 0.3) is 0 Å². The molecule has 2 rings (SSSR count). The van der Waals surface area contributed by atoms with E-state index in [1.165, 1.54) is 7.11 Å². The normalized spacial score (nSPS) is 9.81. The molecule has 2 aromatic carbocycles. The molecule has 0 amide bonds. The third-order valence-electron chi connectivity index (χ3n) is 2.36. The Morgan fingerprint density at radius 3 is 2.12 bits per heavy atom. The number of rotatable bonds is 2. The Kier molecular flexibility index (Phi) is 3.01. The van der Waals surface area contributed by atoms with Crippen molar-refractivity contribution in [2.45, 2.75) is 0 Å². The van der Waals surface area contributed by atoms with Crippen molar-refractivity contribution in [3.8, 4) is 11.1 Å². The van der Waals surface area contributed by atoms with E-state index in [-0.39, 0.29) is 5.97 Å². The zero-order valence-electron chi connectivity index (χ0n) is 8.94. The van der Waals surface area contributed by atoms with Crippen LogP contribution in [0.3, 0.4) is 0 Å². The van der Waals surface area contributed by atoms with E-state index in [0.717, 1.165) is 11.1 Å². The Labute approximate surface area is 94.5 Å². The Morgan fingerprint density at radius 2 is 1.56 bits per heavy atom. The van der Waals surface area contributed by atoms with Gasteiger partial charge < -0.3 is 4.74 Å². The number of carbonyl (C=O) groups excluding carboxylic acids is 1. The molecule has 0 saturated carbocycles. The van der Waals surface area contributed by atoms with Gasteiger partial charge in [-0.05, 0) is 29.3 Å². The fraction of sp³-hybridized carbons (Fsp3) is 0.0714. The Balaban J connectivity index is 2.30. The zero-order valence-corrected chi connectivity index (χ0v) is 8.94. The first-order valence-electron chi connectivity index (χ1n) is 4.96. The highest BCUT2D eigenvalue weighted by atomic mass is 16.5. The molecule has 0 aliphatic carbocycles. The summed E-state index contributed by atoms with van der Waals surface area (Å²) < 4.78 is 4.64. The summed E-state index contributed by atoms with van der Waals surface area (Å²) in [6.45, 7) is 0. The van der Waals surface area contributed by atoms with Crippen molar-refractivity contribution in [3.63, 3.8) is 0 Å². The fourth-order valence-electron chi connectivity index (χ4n) is 1.50. The van der Waals surface area contributed by atoms with Crippen LogP contribution in [0.2, 0.25) is 0 Å². The maximum Gasteiger partial charge on any atom is 0.337 e. The van der Waals surface area contributed by atoms with Crippen LogP contribution in [-0.2, 0) is 4.74 Å². The maximum absolute atomic E-state index is 11.2. The summed E-state index contributed by atoms with van der Waals surface area (Å²) in [5.41, 5.74) is 2.74. The minimum Gasteiger partial charge on any atom is -0.465 e. The molecule has 0 atom stereocenters. The largest absolute Gasteiger partial charge is 0.465 e. The predicted molar refractivity (Wildman–Crippen MR) is 62.1 cm³/mol. The van der Waals surface area contributed by atoms with E-state index >= 15 is 0 Å². The van der Waals surface area contributed by atoms with E-state index in [1.807, 2.05) is 36.4 Å². The lowest BCUT2D eigenvalue weighted by Crippen LogP contribution is -2.00. The van der Waals surface area contributed by atoms with Crippen molar-refractivity contribution in [2.24, 2.45) is 0 Å². The molecule has 0 spiro atoms. The van der Waals surface area contributed by atoms with E-state index in [1.54, 1.807) is 12.1 Å². The van der Waals surface area contributed by atoms with Gasteiger partial charge in [0, 0.05) is 0 Å². The molecule has 2 nitrogen and oxygen atoms in total. The lowest BCUT2D eigenvalue weighted by molar-refractivity contribution is 0.0601. The average Bonchev–Trinajstić information content (AvgIpc) is 2.39. The first-order valence-corrected chi connectivity index (χ1v) is 4.96. The third-order valence-corrected chi connectivity index (χ3v) is 2.36. The second kappa shape index (κ2) is 4.62. The number of hydrogen-bond acceptors (Lipinski definition) is 2. The lowest BCUT2D eigenvalue weighted by atomic mass is 10.0. The molecular weight excluding hydrogens is 200 g/mol. The SMILES string of the molecule is COC(=O)c1ccc(-c2cc[c]cc2)cc1. The van der Waals surface area contributed by atoms with E-state index in [0.29, 0.717) is 5.56 Å². The number of ether oxygens (including phenoxy) is 1. The van der Waals surface area contributed by atoms with E-state index in [9.17, 15) is 4.79 Å². The molecule has 0 aliphatic rings. The van der Waals surface area contributed by atoms with E-state index in [4.69, 9.17) is 0 Å². The number of esters is 1. The van der Waals surface area contributed by atoms with Gasteiger partial charge in [0.15, 0.2) is 0 Å². The van der Waals surface area contributed by atoms with Crippen molar-refractivity contribution in [1.29, 1.82) is 0 Å². The van der Waals surface area contributed by atoms with Gasteiger partial charge in [-0.15, -0.1) is 0 Å². The van der Waals surface area contributed by atoms with Crippen LogP contribution in [0.1, 0.15) is 10.4 Å². The van der Waals surface area contributed by atoms with Crippen molar-refractivity contribution >= 4 is 5.97 Å². The Bertz CT molecular complexity index is 472. The number of methoxy groups -OCH3 is 1. The monoisotopic (exact) mass is 211 g/mol. The van der Waals surface area contributed by atoms with Crippen LogP contribution < -0.4 is 0 Å². The quantitative estimate of drug-likeness (QED) is 0.714. The Morgan fingerprint density at radius 1 is 1.00 bits per heavy atom. The molecule has 2 heteroatoms. The van der Waals surface area contributed by atoms with Crippen LogP contribution in [0.25, 0.3) is 11.1 Å². The summed E-state index contributed by atoms with van der Waals surface area (Å²) in [5, 5.41) is 0. The van der Waals surface area contributed by atoms with Crippen molar-refractivity contribution in [3.05, 3.63) is 60.2 Å². The maximum atomic E-state index is 11.2. The third kappa shape index (κ3) is 2.11. The van der Waals surface area contributed by atoms with Crippen LogP contribution in [0.5, 0.6) is 0 Å². The highest BCUT2D eigenvalue weighted by molar-refractivity contribution is 5.89. The number of hydrogen-bond donors (Lipinski definition) is 0. The molecular formula is C14H11O2. The molecule has 0 bridgehead atoms. The van der Waals surface area contributed by atoms with Gasteiger partial charge in [0.05, 0.1) is 12.7 Å². The second-order valence-electron chi connectivity index (χ2n) is 3.36. The molecule has 0 N–H and O–H groups in total. The summed E-state index contributed by atoms with van der Waals surface area (Å²) in [4.78, 5) is 11.2. The summed E-state index contributed by atoms with van der Waals surface area (Å²) in [7, 11) is 1.38. The molecule has 1 radical (unpaired) electrons. The highest BCUT2D eigenvalue weighted by Gasteiger charge is 2.04. The summed E-state index contributed by atoms with van der Waals surface area (Å²) in [6, 6.07) is 18.0. The standard InChI is InChI=1S/C14H11O2/c1-16-14(15)13-9-7-12(8-10-13)11-5-3-2-4-6-11/h3-10H,1H3. The van der Waals surface area contributed by atoms with Gasteiger partial charge in [-0.25, -0.2) is 4.79 Å². The molecule has 2 aromatic rings. The highest BCUT2D eigenvalue weighted by Crippen LogP contribution is 2.19. The van der Waals surface area contributed by atoms with Crippen molar-refractivity contribution in [1.82, 2.24) is 0 Å². The van der Waals surface area contributed by atoms with Gasteiger partial charge in [-0.2, -0.15) is 0 Å². The van der Waals surface area contributed by atoms with Crippen LogP contribution >= 0.6 is 0 Å². The van der Waals surface area contributed by atoms with Crippen molar-refractivity contribution < 1.29 is 9.53 Å². The summed E-state index contributed by atoms with van der Waals surface area (Å²) >= 11 is 0. The van der Waals surface area contributed by atoms with E-state index in [2.05, 4.69) is 10.8 Å². The molecule has 79 valence electrons. The van der Waals surface area contributed by atoms with Crippen LogP contribution in [0, 0.1) is 6.07 Å². The molecule has 0 aromatic heterocycles. The fourth-order valence-corrected chi connectivity index (χ4v) is 1.50. The minimum absolute atomic E-state index is 0.312. The smallest absolute Gasteiger partial charge is 0.337 e. The topological polar surface area (TPSA) is 26.3 Å². The second-order valence-corrected chi connectivity index (χ2v) is 3.36. The average molecular weight is 211 g/mol. The molecule has 0 fully saturated rings. The Hall–Kier alpha value is -2.09. The van der Waals surface area contributed by atoms with Gasteiger partial charge in [-0.1, -0.05) is 36.4 Å². The van der Waals surface area contributed by atoms with Gasteiger partial charge in [0.1, 0.15) is 0 Å². The molecule has 0 saturated heterocycles. The van der Waals surface area contributed by atoms with Crippen LogP contribution in [-0.4, -0.2) is 13.1 Å². The van der Waals surface area contributed by atoms with Crippen LogP contribution in [0.15, 0.2) is 48.5 Å². The minimum atomic E-state index is -0.312. The number of carbonyl (C=O) groups is 1.